The van der Waals surface area contributed by atoms with Crippen LogP contribution >= 0.6 is 0 Å². The van der Waals surface area contributed by atoms with Crippen LogP contribution in [0.15, 0.2) is 53.5 Å². The van der Waals surface area contributed by atoms with Gasteiger partial charge in [-0.3, -0.25) is 0 Å². The van der Waals surface area contributed by atoms with Crippen molar-refractivity contribution in [1.82, 2.24) is 15.6 Å². The third kappa shape index (κ3) is 4.35. The van der Waals surface area contributed by atoms with Crippen LogP contribution in [0, 0.1) is 11.6 Å². The average molecular weight is 342 g/mol. The van der Waals surface area contributed by atoms with Gasteiger partial charge in [0.15, 0.2) is 5.96 Å². The van der Waals surface area contributed by atoms with E-state index in [1.165, 1.54) is 6.07 Å². The lowest BCUT2D eigenvalue weighted by molar-refractivity contribution is 0.585. The third-order valence-corrected chi connectivity index (χ3v) is 3.79. The summed E-state index contributed by atoms with van der Waals surface area (Å²) in [7, 11) is 0. The molecule has 0 aliphatic rings. The summed E-state index contributed by atoms with van der Waals surface area (Å²) in [6, 6.07) is 13.5. The van der Waals surface area contributed by atoms with Gasteiger partial charge in [0.1, 0.15) is 11.6 Å². The van der Waals surface area contributed by atoms with E-state index in [0.29, 0.717) is 19.0 Å². The highest BCUT2D eigenvalue weighted by atomic mass is 19.1. The molecular formula is C19H20F2N4. The summed E-state index contributed by atoms with van der Waals surface area (Å²) in [4.78, 5) is 7.66. The highest BCUT2D eigenvalue weighted by Gasteiger charge is 2.05. The number of guanidine groups is 1. The number of halogens is 2. The molecule has 0 bridgehead atoms. The fourth-order valence-corrected chi connectivity index (χ4v) is 2.58. The predicted molar refractivity (Wildman–Crippen MR) is 96.3 cm³/mol. The molecule has 130 valence electrons. The molecule has 0 unspecified atom stereocenters. The van der Waals surface area contributed by atoms with E-state index in [9.17, 15) is 8.78 Å². The van der Waals surface area contributed by atoms with Crippen molar-refractivity contribution in [3.8, 4) is 0 Å². The first-order valence-corrected chi connectivity index (χ1v) is 8.18. The minimum absolute atomic E-state index is 0.0611. The third-order valence-electron chi connectivity index (χ3n) is 3.79. The molecule has 2 aromatic carbocycles. The first-order valence-electron chi connectivity index (χ1n) is 8.18. The molecule has 6 heteroatoms. The Kier molecular flexibility index (Phi) is 5.28. The van der Waals surface area contributed by atoms with Gasteiger partial charge in [-0.25, -0.2) is 13.8 Å². The highest BCUT2D eigenvalue weighted by Crippen LogP contribution is 2.14. The Balaban J connectivity index is 1.68. The van der Waals surface area contributed by atoms with Gasteiger partial charge in [-0.1, -0.05) is 18.2 Å². The Morgan fingerprint density at radius 1 is 1.08 bits per heavy atom. The number of hydrogen-bond donors (Lipinski definition) is 3. The number of fused-ring (bicyclic) bond motifs is 1. The number of hydrogen-bond acceptors (Lipinski definition) is 1. The number of para-hydroxylation sites is 1. The van der Waals surface area contributed by atoms with Crippen LogP contribution in [0.1, 0.15) is 18.2 Å². The molecule has 0 saturated carbocycles. The summed E-state index contributed by atoms with van der Waals surface area (Å²) in [6.45, 7) is 3.23. The summed E-state index contributed by atoms with van der Waals surface area (Å²) in [6.07, 6.45) is 0. The van der Waals surface area contributed by atoms with Crippen LogP contribution < -0.4 is 10.6 Å². The van der Waals surface area contributed by atoms with Crippen molar-refractivity contribution in [2.24, 2.45) is 4.99 Å². The summed E-state index contributed by atoms with van der Waals surface area (Å²) < 4.78 is 26.9. The van der Waals surface area contributed by atoms with E-state index in [0.717, 1.165) is 28.7 Å². The number of aliphatic imine (C=N–C) groups is 1. The number of rotatable bonds is 5. The zero-order valence-corrected chi connectivity index (χ0v) is 13.9. The molecule has 0 aliphatic carbocycles. The molecule has 3 N–H and O–H groups in total. The maximum atomic E-state index is 13.7. The molecule has 0 amide bonds. The number of benzene rings is 2. The van der Waals surface area contributed by atoms with Crippen molar-refractivity contribution in [3.05, 3.63) is 71.4 Å². The van der Waals surface area contributed by atoms with Crippen LogP contribution in [0.4, 0.5) is 8.78 Å². The SMILES string of the molecule is CCNC(=NCc1cc(F)ccc1F)NCc1cc2ccccc2[nH]1. The van der Waals surface area contributed by atoms with Crippen molar-refractivity contribution in [1.29, 1.82) is 0 Å². The minimum atomic E-state index is -0.470. The number of nitrogens with one attached hydrogen (secondary N) is 3. The standard InChI is InChI=1S/C19H20F2N4/c1-2-22-19(23-11-14-9-15(20)7-8-17(14)21)24-12-16-10-13-5-3-4-6-18(13)25-16/h3-10,25H,2,11-12H2,1H3,(H2,22,23,24). The molecule has 3 aromatic rings. The van der Waals surface area contributed by atoms with Gasteiger partial charge in [0.05, 0.1) is 13.1 Å². The Bertz CT molecular complexity index is 853. The summed E-state index contributed by atoms with van der Waals surface area (Å²) >= 11 is 0. The van der Waals surface area contributed by atoms with Crippen molar-refractivity contribution in [3.63, 3.8) is 0 Å². The Labute approximate surface area is 145 Å². The van der Waals surface area contributed by atoms with Gasteiger partial charge in [-0.15, -0.1) is 0 Å². The topological polar surface area (TPSA) is 52.2 Å². The molecule has 0 saturated heterocycles. The average Bonchev–Trinajstić information content (AvgIpc) is 3.03. The normalized spacial score (nSPS) is 11.7. The van der Waals surface area contributed by atoms with Crippen LogP contribution in [0.3, 0.4) is 0 Å². The van der Waals surface area contributed by atoms with E-state index in [1.807, 2.05) is 31.2 Å². The minimum Gasteiger partial charge on any atom is -0.357 e. The summed E-state index contributed by atoms with van der Waals surface area (Å²) in [5, 5.41) is 7.44. The van der Waals surface area contributed by atoms with Gasteiger partial charge in [-0.05, 0) is 42.6 Å². The number of nitrogens with zero attached hydrogens (tertiary/aromatic N) is 1. The van der Waals surface area contributed by atoms with Gasteiger partial charge < -0.3 is 15.6 Å². The Morgan fingerprint density at radius 3 is 2.72 bits per heavy atom. The fraction of sp³-hybridized carbons (Fsp3) is 0.211. The molecule has 0 atom stereocenters. The van der Waals surface area contributed by atoms with Crippen molar-refractivity contribution >= 4 is 16.9 Å². The molecule has 1 heterocycles. The smallest absolute Gasteiger partial charge is 0.191 e. The van der Waals surface area contributed by atoms with Crippen LogP contribution in [0.5, 0.6) is 0 Å². The van der Waals surface area contributed by atoms with E-state index < -0.39 is 11.6 Å². The van der Waals surface area contributed by atoms with E-state index in [2.05, 4.69) is 26.7 Å². The number of aromatic nitrogens is 1. The second-order valence-electron chi connectivity index (χ2n) is 5.67. The monoisotopic (exact) mass is 342 g/mol. The molecule has 0 radical (unpaired) electrons. The Hall–Kier alpha value is -2.89. The van der Waals surface area contributed by atoms with Crippen molar-refractivity contribution in [2.45, 2.75) is 20.0 Å². The van der Waals surface area contributed by atoms with E-state index in [-0.39, 0.29) is 12.1 Å². The van der Waals surface area contributed by atoms with Crippen molar-refractivity contribution < 1.29 is 8.78 Å². The van der Waals surface area contributed by atoms with Crippen LogP contribution in [0.25, 0.3) is 10.9 Å². The zero-order valence-electron chi connectivity index (χ0n) is 13.9. The van der Waals surface area contributed by atoms with Gasteiger partial charge in [-0.2, -0.15) is 0 Å². The second kappa shape index (κ2) is 7.79. The lowest BCUT2D eigenvalue weighted by atomic mass is 10.2. The van der Waals surface area contributed by atoms with Gasteiger partial charge >= 0.3 is 0 Å². The molecule has 1 aromatic heterocycles. The lowest BCUT2D eigenvalue weighted by Gasteiger charge is -2.10. The molecule has 3 rings (SSSR count). The highest BCUT2D eigenvalue weighted by molar-refractivity contribution is 5.81. The molecule has 0 spiro atoms. The van der Waals surface area contributed by atoms with Gasteiger partial charge in [0, 0.05) is 23.3 Å². The van der Waals surface area contributed by atoms with Crippen LogP contribution in [-0.4, -0.2) is 17.5 Å². The van der Waals surface area contributed by atoms with Gasteiger partial charge in [0.25, 0.3) is 0 Å². The van der Waals surface area contributed by atoms with E-state index in [1.54, 1.807) is 0 Å². The number of aromatic amines is 1. The maximum Gasteiger partial charge on any atom is 0.191 e. The quantitative estimate of drug-likeness (QED) is 0.489. The van der Waals surface area contributed by atoms with E-state index >= 15 is 0 Å². The van der Waals surface area contributed by atoms with Crippen molar-refractivity contribution in [2.75, 3.05) is 6.54 Å². The Morgan fingerprint density at radius 2 is 1.92 bits per heavy atom. The maximum absolute atomic E-state index is 13.7. The second-order valence-corrected chi connectivity index (χ2v) is 5.67. The summed E-state index contributed by atoms with van der Waals surface area (Å²) in [5.74, 6) is -0.385. The summed E-state index contributed by atoms with van der Waals surface area (Å²) in [5.41, 5.74) is 2.31. The fourth-order valence-electron chi connectivity index (χ4n) is 2.58. The molecular weight excluding hydrogens is 322 g/mol. The number of H-pyrrole nitrogens is 1. The molecule has 0 fully saturated rings. The van der Waals surface area contributed by atoms with E-state index in [4.69, 9.17) is 0 Å². The molecule has 0 aliphatic heterocycles. The van der Waals surface area contributed by atoms with Gasteiger partial charge in [0.2, 0.25) is 0 Å². The predicted octanol–water partition coefficient (Wildman–Crippen LogP) is 3.70. The zero-order chi connectivity index (χ0) is 17.6. The largest absolute Gasteiger partial charge is 0.357 e. The van der Waals surface area contributed by atoms with Crippen LogP contribution in [0.2, 0.25) is 0 Å². The van der Waals surface area contributed by atoms with Crippen LogP contribution in [-0.2, 0) is 13.1 Å². The molecule has 4 nitrogen and oxygen atoms in total. The molecule has 25 heavy (non-hydrogen) atoms. The lowest BCUT2D eigenvalue weighted by Crippen LogP contribution is -2.36. The first-order chi connectivity index (χ1) is 12.2. The first kappa shape index (κ1) is 17.0.